The number of rotatable bonds is 6. The van der Waals surface area contributed by atoms with Crippen LogP contribution in [0.4, 0.5) is 0 Å². The van der Waals surface area contributed by atoms with E-state index in [0.29, 0.717) is 18.8 Å². The van der Waals surface area contributed by atoms with E-state index in [4.69, 9.17) is 0 Å². The molecule has 0 spiro atoms. The van der Waals surface area contributed by atoms with Crippen molar-refractivity contribution < 1.29 is 14.7 Å². The summed E-state index contributed by atoms with van der Waals surface area (Å²) in [6.45, 7) is 5.46. The molecule has 1 saturated carbocycles. The van der Waals surface area contributed by atoms with Crippen molar-refractivity contribution in [1.82, 2.24) is 5.32 Å². The maximum Gasteiger partial charge on any atom is 0.329 e. The van der Waals surface area contributed by atoms with Crippen molar-refractivity contribution in [2.75, 3.05) is 0 Å². The van der Waals surface area contributed by atoms with Gasteiger partial charge in [-0.2, -0.15) is 0 Å². The highest BCUT2D eigenvalue weighted by Gasteiger charge is 2.40. The minimum atomic E-state index is -1.08. The van der Waals surface area contributed by atoms with Crippen LogP contribution in [0.5, 0.6) is 0 Å². The second-order valence-electron chi connectivity index (χ2n) is 4.71. The minimum Gasteiger partial charge on any atom is -0.480 e. The SMILES string of the molecule is CCC(CC)(NC(=O)C(C)C1CC1)C(=O)O. The Morgan fingerprint density at radius 2 is 1.88 bits per heavy atom. The summed E-state index contributed by atoms with van der Waals surface area (Å²) < 4.78 is 0. The number of hydrogen-bond donors (Lipinski definition) is 2. The molecule has 0 saturated heterocycles. The molecule has 4 heteroatoms. The molecule has 1 unspecified atom stereocenters. The Labute approximate surface area is 96.4 Å². The van der Waals surface area contributed by atoms with E-state index in [1.807, 2.05) is 6.92 Å². The summed E-state index contributed by atoms with van der Waals surface area (Å²) >= 11 is 0. The molecule has 1 aliphatic rings. The molecular formula is C12H21NO3. The fraction of sp³-hybridized carbons (Fsp3) is 0.833. The van der Waals surface area contributed by atoms with Gasteiger partial charge in [-0.05, 0) is 31.6 Å². The molecule has 0 bridgehead atoms. The van der Waals surface area contributed by atoms with Gasteiger partial charge in [0.15, 0.2) is 0 Å². The molecule has 4 nitrogen and oxygen atoms in total. The lowest BCUT2D eigenvalue weighted by atomic mass is 9.91. The van der Waals surface area contributed by atoms with Crippen LogP contribution in [0.15, 0.2) is 0 Å². The monoisotopic (exact) mass is 227 g/mol. The Balaban J connectivity index is 2.67. The molecule has 1 rings (SSSR count). The Bertz CT molecular complexity index is 280. The van der Waals surface area contributed by atoms with E-state index in [-0.39, 0.29) is 11.8 Å². The van der Waals surface area contributed by atoms with Gasteiger partial charge in [-0.3, -0.25) is 4.79 Å². The Kier molecular flexibility index (Phi) is 3.94. The van der Waals surface area contributed by atoms with Gasteiger partial charge in [-0.25, -0.2) is 4.79 Å². The highest BCUT2D eigenvalue weighted by Crippen LogP contribution is 2.37. The third-order valence-corrected chi connectivity index (χ3v) is 3.72. The smallest absolute Gasteiger partial charge is 0.329 e. The first-order valence-electron chi connectivity index (χ1n) is 6.02. The van der Waals surface area contributed by atoms with Crippen LogP contribution < -0.4 is 5.32 Å². The molecule has 2 N–H and O–H groups in total. The summed E-state index contributed by atoms with van der Waals surface area (Å²) in [5.41, 5.74) is -1.08. The van der Waals surface area contributed by atoms with Crippen LogP contribution in [-0.4, -0.2) is 22.5 Å². The highest BCUT2D eigenvalue weighted by atomic mass is 16.4. The molecule has 0 aromatic carbocycles. The molecule has 1 aliphatic carbocycles. The van der Waals surface area contributed by atoms with E-state index in [1.165, 1.54) is 0 Å². The summed E-state index contributed by atoms with van der Waals surface area (Å²) in [4.78, 5) is 23.1. The number of aliphatic carboxylic acids is 1. The van der Waals surface area contributed by atoms with E-state index >= 15 is 0 Å². The van der Waals surface area contributed by atoms with Crippen LogP contribution >= 0.6 is 0 Å². The number of carboxylic acid groups (broad SMARTS) is 1. The van der Waals surface area contributed by atoms with Crippen LogP contribution in [0.2, 0.25) is 0 Å². The van der Waals surface area contributed by atoms with Crippen molar-refractivity contribution in [2.24, 2.45) is 11.8 Å². The van der Waals surface area contributed by atoms with Crippen molar-refractivity contribution in [3.8, 4) is 0 Å². The van der Waals surface area contributed by atoms with Gasteiger partial charge in [0.1, 0.15) is 5.54 Å². The van der Waals surface area contributed by atoms with Crippen LogP contribution in [0.3, 0.4) is 0 Å². The second-order valence-corrected chi connectivity index (χ2v) is 4.71. The number of hydrogen-bond acceptors (Lipinski definition) is 2. The quantitative estimate of drug-likeness (QED) is 0.727. The van der Waals surface area contributed by atoms with Crippen molar-refractivity contribution in [3.05, 3.63) is 0 Å². The Morgan fingerprint density at radius 3 is 2.19 bits per heavy atom. The van der Waals surface area contributed by atoms with Crippen LogP contribution in [0.25, 0.3) is 0 Å². The van der Waals surface area contributed by atoms with Crippen molar-refractivity contribution >= 4 is 11.9 Å². The molecule has 92 valence electrons. The number of nitrogens with one attached hydrogen (secondary N) is 1. The highest BCUT2D eigenvalue weighted by molar-refractivity contribution is 5.88. The predicted octanol–water partition coefficient (Wildman–Crippen LogP) is 1.79. The zero-order chi connectivity index (χ0) is 12.3. The van der Waals surface area contributed by atoms with Crippen LogP contribution in [0.1, 0.15) is 46.5 Å². The van der Waals surface area contributed by atoms with Gasteiger partial charge in [0.05, 0.1) is 0 Å². The predicted molar refractivity (Wildman–Crippen MR) is 61.0 cm³/mol. The van der Waals surface area contributed by atoms with Gasteiger partial charge in [0, 0.05) is 5.92 Å². The van der Waals surface area contributed by atoms with Crippen molar-refractivity contribution in [2.45, 2.75) is 52.0 Å². The lowest BCUT2D eigenvalue weighted by Crippen LogP contribution is -2.55. The van der Waals surface area contributed by atoms with E-state index in [2.05, 4.69) is 5.32 Å². The van der Waals surface area contributed by atoms with Crippen LogP contribution in [-0.2, 0) is 9.59 Å². The van der Waals surface area contributed by atoms with Gasteiger partial charge in [-0.1, -0.05) is 20.8 Å². The molecule has 1 amide bonds. The molecule has 0 aromatic rings. The first-order valence-corrected chi connectivity index (χ1v) is 6.02. The number of carbonyl (C=O) groups excluding carboxylic acids is 1. The lowest BCUT2D eigenvalue weighted by molar-refractivity contribution is -0.148. The van der Waals surface area contributed by atoms with E-state index in [9.17, 15) is 14.7 Å². The Morgan fingerprint density at radius 1 is 1.38 bits per heavy atom. The van der Waals surface area contributed by atoms with E-state index < -0.39 is 11.5 Å². The fourth-order valence-corrected chi connectivity index (χ4v) is 1.94. The molecule has 1 atom stereocenters. The zero-order valence-corrected chi connectivity index (χ0v) is 10.2. The first kappa shape index (κ1) is 13.0. The largest absolute Gasteiger partial charge is 0.480 e. The Hall–Kier alpha value is -1.06. The van der Waals surface area contributed by atoms with E-state index in [0.717, 1.165) is 12.8 Å². The summed E-state index contributed by atoms with van der Waals surface area (Å²) in [7, 11) is 0. The van der Waals surface area contributed by atoms with Gasteiger partial charge < -0.3 is 10.4 Å². The number of carbonyl (C=O) groups is 2. The summed E-state index contributed by atoms with van der Waals surface area (Å²) in [5, 5.41) is 11.9. The van der Waals surface area contributed by atoms with Crippen LogP contribution in [0, 0.1) is 11.8 Å². The summed E-state index contributed by atoms with van der Waals surface area (Å²) in [6, 6.07) is 0. The first-order chi connectivity index (χ1) is 7.46. The van der Waals surface area contributed by atoms with Gasteiger partial charge in [-0.15, -0.1) is 0 Å². The number of amides is 1. The maximum atomic E-state index is 11.9. The molecule has 0 radical (unpaired) electrons. The third kappa shape index (κ3) is 2.54. The van der Waals surface area contributed by atoms with Gasteiger partial charge in [0.2, 0.25) is 5.91 Å². The number of carboxylic acids is 1. The fourth-order valence-electron chi connectivity index (χ4n) is 1.94. The molecular weight excluding hydrogens is 206 g/mol. The normalized spacial score (nSPS) is 17.9. The zero-order valence-electron chi connectivity index (χ0n) is 10.2. The molecule has 16 heavy (non-hydrogen) atoms. The second kappa shape index (κ2) is 4.85. The average molecular weight is 227 g/mol. The molecule has 0 aliphatic heterocycles. The van der Waals surface area contributed by atoms with Crippen molar-refractivity contribution in [1.29, 1.82) is 0 Å². The minimum absolute atomic E-state index is 0.0585. The van der Waals surface area contributed by atoms with Gasteiger partial charge >= 0.3 is 5.97 Å². The molecule has 0 heterocycles. The summed E-state index contributed by atoms with van der Waals surface area (Å²) in [5.74, 6) is -0.653. The van der Waals surface area contributed by atoms with E-state index in [1.54, 1.807) is 13.8 Å². The molecule has 1 fully saturated rings. The third-order valence-electron chi connectivity index (χ3n) is 3.72. The van der Waals surface area contributed by atoms with Gasteiger partial charge in [0.25, 0.3) is 0 Å². The molecule has 0 aromatic heterocycles. The summed E-state index contributed by atoms with van der Waals surface area (Å²) in [6.07, 6.45) is 3.02. The van der Waals surface area contributed by atoms with Crippen molar-refractivity contribution in [3.63, 3.8) is 0 Å². The lowest BCUT2D eigenvalue weighted by Gasteiger charge is -2.29. The maximum absolute atomic E-state index is 11.9. The topological polar surface area (TPSA) is 66.4 Å². The average Bonchev–Trinajstić information content (AvgIpc) is 3.08. The standard InChI is InChI=1S/C12H21NO3/c1-4-12(5-2,11(15)16)13-10(14)8(3)9-6-7-9/h8-9H,4-7H2,1-3H3,(H,13,14)(H,15,16).